The van der Waals surface area contributed by atoms with Crippen molar-refractivity contribution >= 4 is 10.8 Å². The van der Waals surface area contributed by atoms with Gasteiger partial charge in [-0.05, 0) is 46.9 Å². The van der Waals surface area contributed by atoms with Crippen LogP contribution in [0.4, 0.5) is 0 Å². The minimum Gasteiger partial charge on any atom is -0.497 e. The van der Waals surface area contributed by atoms with Gasteiger partial charge in [-0.25, -0.2) is 0 Å². The molecule has 2 rings (SSSR count). The zero-order valence-corrected chi connectivity index (χ0v) is 16.8. The number of hydrogen-bond acceptors (Lipinski definition) is 2. The van der Waals surface area contributed by atoms with Gasteiger partial charge in [0.25, 0.3) is 0 Å². The molecule has 26 heavy (non-hydrogen) atoms. The predicted molar refractivity (Wildman–Crippen MR) is 113 cm³/mol. The Balaban J connectivity index is 2.30. The average Bonchev–Trinajstić information content (AvgIpc) is 2.60. The maximum absolute atomic E-state index is 5.30. The summed E-state index contributed by atoms with van der Waals surface area (Å²) in [4.78, 5) is 2.43. The van der Waals surface area contributed by atoms with Crippen LogP contribution in [-0.4, -0.2) is 31.1 Å². The highest BCUT2D eigenvalue weighted by Crippen LogP contribution is 2.22. The van der Waals surface area contributed by atoms with Gasteiger partial charge in [0.15, 0.2) is 0 Å². The molecule has 0 aliphatic rings. The second-order valence-electron chi connectivity index (χ2n) is 7.52. The molecule has 0 fully saturated rings. The molecule has 0 saturated carbocycles. The largest absolute Gasteiger partial charge is 0.497 e. The molecule has 0 spiro atoms. The van der Waals surface area contributed by atoms with Crippen LogP contribution in [0, 0.1) is 23.7 Å². The Morgan fingerprint density at radius 2 is 1.77 bits per heavy atom. The maximum Gasteiger partial charge on any atom is 0.119 e. The Labute approximate surface area is 158 Å². The molecule has 2 aromatic rings. The summed E-state index contributed by atoms with van der Waals surface area (Å²) in [5, 5.41) is 2.35. The van der Waals surface area contributed by atoms with E-state index in [0.717, 1.165) is 24.4 Å². The van der Waals surface area contributed by atoms with Crippen molar-refractivity contribution in [2.75, 3.05) is 20.2 Å². The van der Waals surface area contributed by atoms with Crippen LogP contribution in [0.15, 0.2) is 49.1 Å². The van der Waals surface area contributed by atoms with Crippen LogP contribution < -0.4 is 4.74 Å². The normalized spacial score (nSPS) is 12.3. The van der Waals surface area contributed by atoms with E-state index >= 15 is 0 Å². The molecular formula is C24H31NO. The van der Waals surface area contributed by atoms with E-state index in [1.165, 1.54) is 10.8 Å². The first kappa shape index (κ1) is 20.1. The van der Waals surface area contributed by atoms with E-state index in [9.17, 15) is 0 Å². The average molecular weight is 350 g/mol. The third-order valence-electron chi connectivity index (χ3n) is 4.40. The zero-order valence-electron chi connectivity index (χ0n) is 16.8. The summed E-state index contributed by atoms with van der Waals surface area (Å²) >= 11 is 0. The van der Waals surface area contributed by atoms with Crippen molar-refractivity contribution in [1.82, 2.24) is 4.90 Å². The molecule has 0 heterocycles. The van der Waals surface area contributed by atoms with Gasteiger partial charge in [0.1, 0.15) is 5.75 Å². The molecule has 0 aliphatic heterocycles. The third-order valence-corrected chi connectivity index (χ3v) is 4.40. The highest BCUT2D eigenvalue weighted by molar-refractivity contribution is 5.85. The number of rotatable bonds is 7. The van der Waals surface area contributed by atoms with Crippen LogP contribution in [0.25, 0.3) is 10.8 Å². The summed E-state index contributed by atoms with van der Waals surface area (Å²) < 4.78 is 5.30. The van der Waals surface area contributed by atoms with Crippen LogP contribution in [0.2, 0.25) is 0 Å². The van der Waals surface area contributed by atoms with Gasteiger partial charge in [-0.3, -0.25) is 4.90 Å². The van der Waals surface area contributed by atoms with Crippen LogP contribution in [0.5, 0.6) is 5.75 Å². The number of hydrogen-bond donors (Lipinski definition) is 0. The fraction of sp³-hybridized carbons (Fsp3) is 0.417. The van der Waals surface area contributed by atoms with Crippen molar-refractivity contribution < 1.29 is 4.74 Å². The summed E-state index contributed by atoms with van der Waals surface area (Å²) in [6.45, 7) is 14.8. The molecular weight excluding hydrogens is 318 g/mol. The summed E-state index contributed by atoms with van der Waals surface area (Å²) in [7, 11) is 1.69. The number of fused-ring (bicyclic) bond motifs is 1. The zero-order chi connectivity index (χ0) is 19.1. The van der Waals surface area contributed by atoms with Crippen molar-refractivity contribution in [2.24, 2.45) is 11.8 Å². The quantitative estimate of drug-likeness (QED) is 0.492. The number of benzene rings is 2. The molecule has 0 radical (unpaired) electrons. The van der Waals surface area contributed by atoms with Gasteiger partial charge < -0.3 is 4.74 Å². The monoisotopic (exact) mass is 349 g/mol. The molecule has 0 aliphatic carbocycles. The lowest BCUT2D eigenvalue weighted by molar-refractivity contribution is 0.195. The Kier molecular flexibility index (Phi) is 7.30. The molecule has 0 aromatic heterocycles. The first-order chi connectivity index (χ1) is 12.4. The lowest BCUT2D eigenvalue weighted by Gasteiger charge is -2.31. The van der Waals surface area contributed by atoms with Crippen molar-refractivity contribution in [3.63, 3.8) is 0 Å². The lowest BCUT2D eigenvalue weighted by atomic mass is 10.0. The SMILES string of the molecule is C=CCN(CC(C)C)C(C#Cc1ccc2cc(OC)ccc2c1)C(C)C. The first-order valence-corrected chi connectivity index (χ1v) is 9.39. The van der Waals surface area contributed by atoms with Crippen LogP contribution in [0.1, 0.15) is 33.3 Å². The lowest BCUT2D eigenvalue weighted by Crippen LogP contribution is -2.40. The molecule has 0 bridgehead atoms. The van der Waals surface area contributed by atoms with Crippen LogP contribution >= 0.6 is 0 Å². The van der Waals surface area contributed by atoms with Crippen molar-refractivity contribution in [3.8, 4) is 17.6 Å². The molecule has 0 N–H and O–H groups in total. The number of nitrogens with zero attached hydrogens (tertiary/aromatic N) is 1. The van der Waals surface area contributed by atoms with E-state index in [0.29, 0.717) is 11.8 Å². The van der Waals surface area contributed by atoms with Gasteiger partial charge in [0.2, 0.25) is 0 Å². The molecule has 1 atom stereocenters. The number of methoxy groups -OCH3 is 1. The number of ether oxygens (including phenoxy) is 1. The molecule has 2 nitrogen and oxygen atoms in total. The summed E-state index contributed by atoms with van der Waals surface area (Å²) in [5.41, 5.74) is 1.05. The van der Waals surface area contributed by atoms with Gasteiger partial charge in [0, 0.05) is 18.7 Å². The Morgan fingerprint density at radius 3 is 2.38 bits per heavy atom. The molecule has 0 saturated heterocycles. The van der Waals surface area contributed by atoms with E-state index < -0.39 is 0 Å². The maximum atomic E-state index is 5.30. The third kappa shape index (κ3) is 5.38. The topological polar surface area (TPSA) is 12.5 Å². The fourth-order valence-electron chi connectivity index (χ4n) is 3.20. The molecule has 0 amide bonds. The van der Waals surface area contributed by atoms with Gasteiger partial charge in [-0.2, -0.15) is 0 Å². The second-order valence-corrected chi connectivity index (χ2v) is 7.52. The van der Waals surface area contributed by atoms with Crippen molar-refractivity contribution in [3.05, 3.63) is 54.6 Å². The Hall–Kier alpha value is -2.24. The van der Waals surface area contributed by atoms with E-state index in [-0.39, 0.29) is 6.04 Å². The summed E-state index contributed by atoms with van der Waals surface area (Å²) in [6, 6.07) is 12.7. The van der Waals surface area contributed by atoms with E-state index in [1.807, 2.05) is 12.1 Å². The predicted octanol–water partition coefficient (Wildman–Crippen LogP) is 5.37. The second kappa shape index (κ2) is 9.46. The standard InChI is InChI=1S/C24H31NO/c1-7-14-25(17-18(2)3)24(19(4)5)13-9-20-8-10-22-16-23(26-6)12-11-21(22)15-20/h7-8,10-12,15-16,18-19,24H,1,14,17H2,2-6H3. The smallest absolute Gasteiger partial charge is 0.119 e. The highest BCUT2D eigenvalue weighted by atomic mass is 16.5. The van der Waals surface area contributed by atoms with E-state index in [2.05, 4.69) is 81.3 Å². The fourth-order valence-corrected chi connectivity index (χ4v) is 3.20. The minimum absolute atomic E-state index is 0.224. The molecule has 1 unspecified atom stereocenters. The molecule has 138 valence electrons. The van der Waals surface area contributed by atoms with Gasteiger partial charge >= 0.3 is 0 Å². The van der Waals surface area contributed by atoms with Gasteiger partial charge in [0.05, 0.1) is 13.2 Å². The van der Waals surface area contributed by atoms with Gasteiger partial charge in [-0.15, -0.1) is 6.58 Å². The molecule has 2 aromatic carbocycles. The van der Waals surface area contributed by atoms with Crippen molar-refractivity contribution in [1.29, 1.82) is 0 Å². The first-order valence-electron chi connectivity index (χ1n) is 9.39. The van der Waals surface area contributed by atoms with Gasteiger partial charge in [-0.1, -0.05) is 57.7 Å². The van der Waals surface area contributed by atoms with Crippen LogP contribution in [0.3, 0.4) is 0 Å². The van der Waals surface area contributed by atoms with E-state index in [4.69, 9.17) is 4.74 Å². The minimum atomic E-state index is 0.224. The molecule has 2 heteroatoms. The summed E-state index contributed by atoms with van der Waals surface area (Å²) in [6.07, 6.45) is 1.98. The van der Waals surface area contributed by atoms with E-state index in [1.54, 1.807) is 7.11 Å². The van der Waals surface area contributed by atoms with Crippen LogP contribution in [-0.2, 0) is 0 Å². The Bertz CT molecular complexity index is 795. The van der Waals surface area contributed by atoms with Crippen molar-refractivity contribution in [2.45, 2.75) is 33.7 Å². The Morgan fingerprint density at radius 1 is 1.08 bits per heavy atom. The highest BCUT2D eigenvalue weighted by Gasteiger charge is 2.19. The summed E-state index contributed by atoms with van der Waals surface area (Å²) in [5.74, 6) is 8.87.